The number of pyridine rings is 1. The third-order valence-electron chi connectivity index (χ3n) is 2.21. The smallest absolute Gasteiger partial charge is 0.227 e. The molecule has 0 spiro atoms. The standard InChI is InChI=1S/C11H16N2O2/c1-3-10(15)13(4-2)11-9(8-14)6-5-7-12-11/h5-7,14H,3-4,8H2,1-2H3. The first-order valence-corrected chi connectivity index (χ1v) is 5.09. The molecule has 4 heteroatoms. The van der Waals surface area contributed by atoms with Gasteiger partial charge < -0.3 is 5.11 Å². The zero-order chi connectivity index (χ0) is 11.3. The van der Waals surface area contributed by atoms with E-state index in [1.807, 2.05) is 13.8 Å². The maximum Gasteiger partial charge on any atom is 0.227 e. The molecular weight excluding hydrogens is 192 g/mol. The molecule has 1 heterocycles. The van der Waals surface area contributed by atoms with Gasteiger partial charge in [-0.05, 0) is 13.0 Å². The number of carbonyl (C=O) groups excluding carboxylic acids is 1. The van der Waals surface area contributed by atoms with Crippen LogP contribution in [0.1, 0.15) is 25.8 Å². The van der Waals surface area contributed by atoms with Gasteiger partial charge in [-0.3, -0.25) is 9.69 Å². The Morgan fingerprint density at radius 2 is 2.27 bits per heavy atom. The third kappa shape index (κ3) is 2.53. The number of aliphatic hydroxyl groups is 1. The Labute approximate surface area is 89.6 Å². The van der Waals surface area contributed by atoms with Crippen molar-refractivity contribution in [3.63, 3.8) is 0 Å². The highest BCUT2D eigenvalue weighted by Gasteiger charge is 2.15. The predicted octanol–water partition coefficient (Wildman–Crippen LogP) is 1.34. The van der Waals surface area contributed by atoms with E-state index in [0.717, 1.165) is 0 Å². The van der Waals surface area contributed by atoms with Crippen molar-refractivity contribution in [2.24, 2.45) is 0 Å². The van der Waals surface area contributed by atoms with Crippen LogP contribution in [0.25, 0.3) is 0 Å². The minimum atomic E-state index is -0.101. The highest BCUT2D eigenvalue weighted by Crippen LogP contribution is 2.17. The van der Waals surface area contributed by atoms with Crippen molar-refractivity contribution >= 4 is 11.7 Å². The van der Waals surface area contributed by atoms with Crippen molar-refractivity contribution in [1.82, 2.24) is 4.98 Å². The number of nitrogens with zero attached hydrogens (tertiary/aromatic N) is 2. The summed E-state index contributed by atoms with van der Waals surface area (Å²) >= 11 is 0. The van der Waals surface area contributed by atoms with Gasteiger partial charge in [-0.25, -0.2) is 4.98 Å². The van der Waals surface area contributed by atoms with E-state index in [9.17, 15) is 4.79 Å². The van der Waals surface area contributed by atoms with Gasteiger partial charge in [0.1, 0.15) is 5.82 Å². The van der Waals surface area contributed by atoms with Crippen LogP contribution in [0, 0.1) is 0 Å². The fourth-order valence-electron chi connectivity index (χ4n) is 1.43. The second-order valence-electron chi connectivity index (χ2n) is 3.14. The van der Waals surface area contributed by atoms with Crippen molar-refractivity contribution in [3.05, 3.63) is 23.9 Å². The Morgan fingerprint density at radius 1 is 1.53 bits per heavy atom. The molecular formula is C11H16N2O2. The fourth-order valence-corrected chi connectivity index (χ4v) is 1.43. The lowest BCUT2D eigenvalue weighted by Gasteiger charge is -2.21. The molecule has 0 unspecified atom stereocenters. The number of aliphatic hydroxyl groups excluding tert-OH is 1. The second-order valence-corrected chi connectivity index (χ2v) is 3.14. The van der Waals surface area contributed by atoms with Crippen LogP contribution in [0.4, 0.5) is 5.82 Å². The predicted molar refractivity (Wildman–Crippen MR) is 58.5 cm³/mol. The molecule has 82 valence electrons. The molecule has 0 aliphatic heterocycles. The molecule has 1 amide bonds. The summed E-state index contributed by atoms with van der Waals surface area (Å²) in [6.45, 7) is 4.17. The van der Waals surface area contributed by atoms with Crippen LogP contribution >= 0.6 is 0 Å². The first kappa shape index (κ1) is 11.7. The van der Waals surface area contributed by atoms with E-state index in [1.54, 1.807) is 23.2 Å². The van der Waals surface area contributed by atoms with Gasteiger partial charge in [-0.2, -0.15) is 0 Å². The van der Waals surface area contributed by atoms with E-state index in [0.29, 0.717) is 24.3 Å². The van der Waals surface area contributed by atoms with Gasteiger partial charge in [0.2, 0.25) is 5.91 Å². The summed E-state index contributed by atoms with van der Waals surface area (Å²) in [5, 5.41) is 9.14. The maximum atomic E-state index is 11.6. The van der Waals surface area contributed by atoms with E-state index >= 15 is 0 Å². The van der Waals surface area contributed by atoms with Crippen molar-refractivity contribution in [2.75, 3.05) is 11.4 Å². The molecule has 4 nitrogen and oxygen atoms in total. The quantitative estimate of drug-likeness (QED) is 0.812. The van der Waals surface area contributed by atoms with Crippen molar-refractivity contribution in [2.45, 2.75) is 26.9 Å². The Morgan fingerprint density at radius 3 is 2.80 bits per heavy atom. The number of hydrogen-bond donors (Lipinski definition) is 1. The molecule has 0 fully saturated rings. The van der Waals surface area contributed by atoms with Crippen LogP contribution in [0.2, 0.25) is 0 Å². The van der Waals surface area contributed by atoms with Crippen LogP contribution in [0.5, 0.6) is 0 Å². The minimum Gasteiger partial charge on any atom is -0.392 e. The maximum absolute atomic E-state index is 11.6. The monoisotopic (exact) mass is 208 g/mol. The molecule has 0 aromatic carbocycles. The Hall–Kier alpha value is -1.42. The first-order valence-electron chi connectivity index (χ1n) is 5.09. The van der Waals surface area contributed by atoms with E-state index in [2.05, 4.69) is 4.98 Å². The number of hydrogen-bond acceptors (Lipinski definition) is 3. The third-order valence-corrected chi connectivity index (χ3v) is 2.21. The Bertz CT molecular complexity index is 339. The average Bonchev–Trinajstić information content (AvgIpc) is 2.30. The number of aromatic nitrogens is 1. The molecule has 0 radical (unpaired) electrons. The molecule has 0 bridgehead atoms. The molecule has 0 aliphatic carbocycles. The first-order chi connectivity index (χ1) is 7.24. The van der Waals surface area contributed by atoms with Crippen molar-refractivity contribution in [3.8, 4) is 0 Å². The van der Waals surface area contributed by atoms with Crippen molar-refractivity contribution < 1.29 is 9.90 Å². The van der Waals surface area contributed by atoms with Crippen LogP contribution in [-0.4, -0.2) is 22.5 Å². The zero-order valence-electron chi connectivity index (χ0n) is 9.10. The molecule has 0 atom stereocenters. The van der Waals surface area contributed by atoms with Gasteiger partial charge in [0.15, 0.2) is 0 Å². The van der Waals surface area contributed by atoms with Crippen LogP contribution in [0.15, 0.2) is 18.3 Å². The molecule has 0 aliphatic rings. The van der Waals surface area contributed by atoms with Crippen LogP contribution < -0.4 is 4.90 Å². The highest BCUT2D eigenvalue weighted by molar-refractivity contribution is 5.92. The number of amides is 1. The summed E-state index contributed by atoms with van der Waals surface area (Å²) in [6, 6.07) is 3.52. The van der Waals surface area contributed by atoms with E-state index < -0.39 is 0 Å². The van der Waals surface area contributed by atoms with E-state index in [-0.39, 0.29) is 12.5 Å². The number of anilines is 1. The summed E-state index contributed by atoms with van der Waals surface area (Å²) < 4.78 is 0. The van der Waals surface area contributed by atoms with Crippen molar-refractivity contribution in [1.29, 1.82) is 0 Å². The lowest BCUT2D eigenvalue weighted by Crippen LogP contribution is -2.31. The minimum absolute atomic E-state index is 0.0194. The van der Waals surface area contributed by atoms with E-state index in [4.69, 9.17) is 5.11 Å². The molecule has 15 heavy (non-hydrogen) atoms. The van der Waals surface area contributed by atoms with Crippen LogP contribution in [-0.2, 0) is 11.4 Å². The normalized spacial score (nSPS) is 10.1. The number of carbonyl (C=O) groups is 1. The highest BCUT2D eigenvalue weighted by atomic mass is 16.3. The van der Waals surface area contributed by atoms with Gasteiger partial charge >= 0.3 is 0 Å². The summed E-state index contributed by atoms with van der Waals surface area (Å²) in [7, 11) is 0. The van der Waals surface area contributed by atoms with Gasteiger partial charge in [-0.15, -0.1) is 0 Å². The zero-order valence-corrected chi connectivity index (χ0v) is 9.10. The molecule has 1 rings (SSSR count). The molecule has 1 aromatic rings. The topological polar surface area (TPSA) is 53.4 Å². The fraction of sp³-hybridized carbons (Fsp3) is 0.455. The lowest BCUT2D eigenvalue weighted by molar-refractivity contribution is -0.118. The largest absolute Gasteiger partial charge is 0.392 e. The summed E-state index contributed by atoms with van der Waals surface area (Å²) in [6.07, 6.45) is 2.06. The van der Waals surface area contributed by atoms with Gasteiger partial charge in [-0.1, -0.05) is 13.0 Å². The number of rotatable bonds is 4. The Balaban J connectivity index is 3.05. The van der Waals surface area contributed by atoms with E-state index in [1.165, 1.54) is 0 Å². The SMILES string of the molecule is CCC(=O)N(CC)c1ncccc1CO. The van der Waals surface area contributed by atoms with Crippen LogP contribution in [0.3, 0.4) is 0 Å². The molecule has 0 saturated carbocycles. The van der Waals surface area contributed by atoms with Gasteiger partial charge in [0.05, 0.1) is 6.61 Å². The summed E-state index contributed by atoms with van der Waals surface area (Å²) in [5.41, 5.74) is 0.682. The molecule has 1 aromatic heterocycles. The van der Waals surface area contributed by atoms with Gasteiger partial charge in [0, 0.05) is 24.7 Å². The average molecular weight is 208 g/mol. The molecule has 0 saturated heterocycles. The lowest BCUT2D eigenvalue weighted by atomic mass is 10.2. The summed E-state index contributed by atoms with van der Waals surface area (Å²) in [5.74, 6) is 0.584. The second kappa shape index (κ2) is 5.46. The van der Waals surface area contributed by atoms with Gasteiger partial charge in [0.25, 0.3) is 0 Å². The molecule has 1 N–H and O–H groups in total. The Kier molecular flexibility index (Phi) is 4.24. The summed E-state index contributed by atoms with van der Waals surface area (Å²) in [4.78, 5) is 17.3.